The molecule has 0 fully saturated rings. The van der Waals surface area contributed by atoms with Crippen LogP contribution in [0.15, 0.2) is 42.5 Å². The first-order valence-electron chi connectivity index (χ1n) is 13.3. The van der Waals surface area contributed by atoms with E-state index in [4.69, 9.17) is 4.74 Å². The topological polar surface area (TPSA) is 108 Å². The molecular weight excluding hydrogens is 482 g/mol. The zero-order valence-electron chi connectivity index (χ0n) is 23.8. The fourth-order valence-electron chi connectivity index (χ4n) is 4.14. The molecule has 2 aromatic carbocycles. The van der Waals surface area contributed by atoms with E-state index in [1.54, 1.807) is 20.8 Å². The monoisotopic (exact) mass is 525 g/mol. The summed E-state index contributed by atoms with van der Waals surface area (Å²) in [4.78, 5) is 41.6. The zero-order valence-corrected chi connectivity index (χ0v) is 23.8. The second kappa shape index (κ2) is 14.0. The molecular formula is C30H43N3O5. The molecule has 2 unspecified atom stereocenters. The number of unbranched alkanes of at least 4 members (excludes halogenated alkanes) is 1. The molecule has 3 N–H and O–H groups in total. The van der Waals surface area contributed by atoms with E-state index in [0.29, 0.717) is 17.7 Å². The average molecular weight is 526 g/mol. The van der Waals surface area contributed by atoms with Crippen LogP contribution in [0.2, 0.25) is 0 Å². The molecule has 0 aliphatic rings. The highest BCUT2D eigenvalue weighted by molar-refractivity contribution is 5.99. The Kier molecular flexibility index (Phi) is 11.3. The van der Waals surface area contributed by atoms with E-state index in [9.17, 15) is 19.5 Å². The highest BCUT2D eigenvalue weighted by atomic mass is 16.6. The molecule has 8 nitrogen and oxygen atoms in total. The third-order valence-corrected chi connectivity index (χ3v) is 6.20. The normalized spacial score (nSPS) is 12.8. The average Bonchev–Trinajstić information content (AvgIpc) is 2.86. The summed E-state index contributed by atoms with van der Waals surface area (Å²) in [5, 5.41) is 15.6. The summed E-state index contributed by atoms with van der Waals surface area (Å²) in [6.07, 6.45) is 1.44. The number of ether oxygens (including phenoxy) is 1. The Labute approximate surface area is 226 Å². The molecule has 0 radical (unpaired) electrons. The highest BCUT2D eigenvalue weighted by Gasteiger charge is 2.36. The summed E-state index contributed by atoms with van der Waals surface area (Å²) in [5.41, 5.74) is 3.48. The van der Waals surface area contributed by atoms with E-state index in [2.05, 4.69) is 10.6 Å². The van der Waals surface area contributed by atoms with E-state index in [1.165, 1.54) is 4.90 Å². The van der Waals surface area contributed by atoms with Gasteiger partial charge >= 0.3 is 6.09 Å². The van der Waals surface area contributed by atoms with E-state index in [1.807, 2.05) is 70.2 Å². The maximum Gasteiger partial charge on any atom is 0.408 e. The number of amides is 3. The van der Waals surface area contributed by atoms with Gasteiger partial charge in [0.15, 0.2) is 0 Å². The number of rotatable bonds is 11. The number of aliphatic hydroxyl groups excluding tert-OH is 1. The molecule has 0 aliphatic carbocycles. The molecule has 0 saturated heterocycles. The Morgan fingerprint density at radius 1 is 1.00 bits per heavy atom. The number of para-hydroxylation sites is 1. The van der Waals surface area contributed by atoms with Gasteiger partial charge in [0.25, 0.3) is 5.91 Å². The molecule has 208 valence electrons. The van der Waals surface area contributed by atoms with Gasteiger partial charge in [0.1, 0.15) is 17.7 Å². The van der Waals surface area contributed by atoms with E-state index < -0.39 is 36.3 Å². The first-order chi connectivity index (χ1) is 17.9. The number of aliphatic hydroxyl groups is 1. The molecule has 0 aromatic heterocycles. The molecule has 0 heterocycles. The lowest BCUT2D eigenvalue weighted by atomic mass is 9.99. The van der Waals surface area contributed by atoms with E-state index in [-0.39, 0.29) is 12.5 Å². The first-order valence-corrected chi connectivity index (χ1v) is 13.3. The van der Waals surface area contributed by atoms with Gasteiger partial charge in [-0.05, 0) is 69.7 Å². The molecule has 3 amide bonds. The van der Waals surface area contributed by atoms with Crippen molar-refractivity contribution in [3.8, 4) is 0 Å². The molecule has 0 spiro atoms. The number of benzene rings is 2. The van der Waals surface area contributed by atoms with Crippen LogP contribution in [0.5, 0.6) is 0 Å². The number of carbonyl (C=O) groups is 3. The Balaban J connectivity index is 2.51. The van der Waals surface area contributed by atoms with Crippen molar-refractivity contribution in [2.75, 3.05) is 18.5 Å². The molecule has 2 aromatic rings. The van der Waals surface area contributed by atoms with Crippen LogP contribution in [0.4, 0.5) is 10.5 Å². The van der Waals surface area contributed by atoms with Crippen LogP contribution in [0.3, 0.4) is 0 Å². The Morgan fingerprint density at radius 3 is 2.11 bits per heavy atom. The summed E-state index contributed by atoms with van der Waals surface area (Å²) in [6, 6.07) is 11.1. The van der Waals surface area contributed by atoms with Crippen molar-refractivity contribution < 1.29 is 24.2 Å². The fourth-order valence-corrected chi connectivity index (χ4v) is 4.14. The quantitative estimate of drug-likeness (QED) is 0.380. The Bertz CT molecular complexity index is 1070. The van der Waals surface area contributed by atoms with Gasteiger partial charge in [-0.15, -0.1) is 0 Å². The van der Waals surface area contributed by atoms with Gasteiger partial charge in [-0.3, -0.25) is 9.59 Å². The maximum atomic E-state index is 13.9. The largest absolute Gasteiger partial charge is 0.444 e. The summed E-state index contributed by atoms with van der Waals surface area (Å²) in [6.45, 7) is 12.6. The molecule has 0 bridgehead atoms. The van der Waals surface area contributed by atoms with E-state index >= 15 is 0 Å². The molecule has 38 heavy (non-hydrogen) atoms. The van der Waals surface area contributed by atoms with Crippen molar-refractivity contribution in [2.24, 2.45) is 0 Å². The zero-order chi connectivity index (χ0) is 28.5. The van der Waals surface area contributed by atoms with Gasteiger partial charge in [0.2, 0.25) is 5.91 Å². The number of aryl methyl sites for hydroxylation is 3. The minimum Gasteiger partial charge on any atom is -0.444 e. The number of nitrogens with one attached hydrogen (secondary N) is 2. The van der Waals surface area contributed by atoms with Crippen molar-refractivity contribution in [2.45, 2.75) is 85.4 Å². The van der Waals surface area contributed by atoms with E-state index in [0.717, 1.165) is 29.5 Å². The van der Waals surface area contributed by atoms with Crippen molar-refractivity contribution in [1.29, 1.82) is 0 Å². The third kappa shape index (κ3) is 8.58. The van der Waals surface area contributed by atoms with Crippen LogP contribution in [0, 0.1) is 13.8 Å². The minimum atomic E-state index is -1.27. The van der Waals surface area contributed by atoms with Gasteiger partial charge in [-0.2, -0.15) is 0 Å². The number of carbonyl (C=O) groups excluding carboxylic acids is 3. The van der Waals surface area contributed by atoms with Gasteiger partial charge in [0, 0.05) is 12.2 Å². The number of hydrogen-bond donors (Lipinski definition) is 3. The lowest BCUT2D eigenvalue weighted by molar-refractivity contribution is -0.141. The summed E-state index contributed by atoms with van der Waals surface area (Å²) in [7, 11) is 0. The predicted octanol–water partition coefficient (Wildman–Crippen LogP) is 5.06. The van der Waals surface area contributed by atoms with Gasteiger partial charge < -0.3 is 25.4 Å². The van der Waals surface area contributed by atoms with Crippen LogP contribution in [0.1, 0.15) is 75.8 Å². The number of alkyl carbamates (subject to hydrolysis) is 1. The smallest absolute Gasteiger partial charge is 0.408 e. The van der Waals surface area contributed by atoms with Gasteiger partial charge in [-0.25, -0.2) is 4.79 Å². The SMILES string of the molecule is CCCCN(C(=O)C(CO)NC(=O)OC(C)(C)C)C(C(=O)Nc1c(C)cccc1C)c1ccc(CC)cc1. The first kappa shape index (κ1) is 30.8. The molecule has 0 aliphatic heterocycles. The minimum absolute atomic E-state index is 0.266. The predicted molar refractivity (Wildman–Crippen MR) is 150 cm³/mol. The van der Waals surface area contributed by atoms with Gasteiger partial charge in [-0.1, -0.05) is 62.7 Å². The third-order valence-electron chi connectivity index (χ3n) is 6.20. The van der Waals surface area contributed by atoms with Crippen LogP contribution in [-0.4, -0.2) is 52.7 Å². The van der Waals surface area contributed by atoms with Crippen LogP contribution >= 0.6 is 0 Å². The van der Waals surface area contributed by atoms with Gasteiger partial charge in [0.05, 0.1) is 6.61 Å². The van der Waals surface area contributed by atoms with Crippen molar-refractivity contribution >= 4 is 23.6 Å². The second-order valence-electron chi connectivity index (χ2n) is 10.5. The summed E-state index contributed by atoms with van der Waals surface area (Å²) < 4.78 is 5.29. The standard InChI is InChI=1S/C30H43N3O5/c1-8-10-18-33(28(36)24(19-34)31-29(37)38-30(5,6)7)26(23-16-14-22(9-2)15-17-23)27(35)32-25-20(3)12-11-13-21(25)4/h11-17,24,26,34H,8-10,18-19H2,1-7H3,(H,31,37)(H,32,35). The van der Waals surface area contributed by atoms with Crippen LogP contribution in [0.25, 0.3) is 0 Å². The Morgan fingerprint density at radius 2 is 1.61 bits per heavy atom. The van der Waals surface area contributed by atoms with Crippen LogP contribution in [-0.2, 0) is 20.7 Å². The molecule has 2 atom stereocenters. The number of nitrogens with zero attached hydrogens (tertiary/aromatic N) is 1. The maximum absolute atomic E-state index is 13.9. The lowest BCUT2D eigenvalue weighted by Gasteiger charge is -2.34. The molecule has 0 saturated carbocycles. The lowest BCUT2D eigenvalue weighted by Crippen LogP contribution is -2.54. The number of anilines is 1. The molecule has 2 rings (SSSR count). The van der Waals surface area contributed by atoms with Crippen molar-refractivity contribution in [3.63, 3.8) is 0 Å². The van der Waals surface area contributed by atoms with Crippen LogP contribution < -0.4 is 10.6 Å². The highest BCUT2D eigenvalue weighted by Crippen LogP contribution is 2.27. The van der Waals surface area contributed by atoms with Crippen molar-refractivity contribution in [3.05, 3.63) is 64.7 Å². The van der Waals surface area contributed by atoms with Crippen molar-refractivity contribution in [1.82, 2.24) is 10.2 Å². The summed E-state index contributed by atoms with van der Waals surface area (Å²) >= 11 is 0. The summed E-state index contributed by atoms with van der Waals surface area (Å²) in [5.74, 6) is -0.932. The Hall–Kier alpha value is -3.39. The second-order valence-corrected chi connectivity index (χ2v) is 10.5. The number of hydrogen-bond acceptors (Lipinski definition) is 5. The fraction of sp³-hybridized carbons (Fsp3) is 0.500. The molecule has 8 heteroatoms.